The van der Waals surface area contributed by atoms with Crippen molar-refractivity contribution >= 4 is 12.0 Å². The lowest BCUT2D eigenvalue weighted by Gasteiger charge is -2.35. The molecule has 24 heavy (non-hydrogen) atoms. The van der Waals surface area contributed by atoms with Crippen LogP contribution in [0.5, 0.6) is 0 Å². The summed E-state index contributed by atoms with van der Waals surface area (Å²) in [4.78, 5) is 17.3. The molecular weight excluding hydrogens is 296 g/mol. The van der Waals surface area contributed by atoms with Crippen LogP contribution >= 0.6 is 0 Å². The fourth-order valence-electron chi connectivity index (χ4n) is 3.48. The van der Waals surface area contributed by atoms with Crippen LogP contribution in [0.3, 0.4) is 0 Å². The summed E-state index contributed by atoms with van der Waals surface area (Å²) in [6.07, 6.45) is 9.83. The number of hydrogen-bond donors (Lipinski definition) is 0. The molecule has 0 N–H and O–H groups in total. The minimum atomic E-state index is 0.165. The van der Waals surface area contributed by atoms with Crippen LogP contribution in [0.4, 0.5) is 0 Å². The van der Waals surface area contributed by atoms with Crippen molar-refractivity contribution in [1.29, 1.82) is 0 Å². The fourth-order valence-corrected chi connectivity index (χ4v) is 3.48. The molecule has 0 saturated heterocycles. The van der Waals surface area contributed by atoms with Crippen LogP contribution in [-0.2, 0) is 4.79 Å². The summed E-state index contributed by atoms with van der Waals surface area (Å²) in [6.45, 7) is 8.27. The predicted molar refractivity (Wildman–Crippen MR) is 102 cm³/mol. The first-order valence-electron chi connectivity index (χ1n) is 9.50. The van der Waals surface area contributed by atoms with Gasteiger partial charge in [0.25, 0.3) is 0 Å². The second kappa shape index (κ2) is 10.3. The van der Waals surface area contributed by atoms with E-state index in [9.17, 15) is 4.79 Å². The van der Waals surface area contributed by atoms with Crippen LogP contribution < -0.4 is 0 Å². The maximum Gasteiger partial charge on any atom is 0.246 e. The molecule has 1 aliphatic rings. The minimum Gasteiger partial charge on any atom is -0.335 e. The Balaban J connectivity index is 2.02. The van der Waals surface area contributed by atoms with Crippen molar-refractivity contribution in [3.05, 3.63) is 42.0 Å². The monoisotopic (exact) mass is 328 g/mol. The first-order valence-corrected chi connectivity index (χ1v) is 9.50. The largest absolute Gasteiger partial charge is 0.335 e. The molecule has 132 valence electrons. The third-order valence-electron chi connectivity index (χ3n) is 5.07. The van der Waals surface area contributed by atoms with Gasteiger partial charge in [0.15, 0.2) is 0 Å². The van der Waals surface area contributed by atoms with Crippen molar-refractivity contribution in [3.8, 4) is 0 Å². The first-order chi connectivity index (χ1) is 11.7. The van der Waals surface area contributed by atoms with Crippen LogP contribution in [0.25, 0.3) is 6.08 Å². The molecule has 1 aliphatic carbocycles. The highest BCUT2D eigenvalue weighted by molar-refractivity contribution is 5.92. The lowest BCUT2D eigenvalue weighted by molar-refractivity contribution is -0.129. The predicted octanol–water partition coefficient (Wildman–Crippen LogP) is 4.20. The normalized spacial score (nSPS) is 16.0. The Kier molecular flexibility index (Phi) is 8.03. The third-order valence-corrected chi connectivity index (χ3v) is 5.07. The van der Waals surface area contributed by atoms with E-state index in [2.05, 4.69) is 23.6 Å². The summed E-state index contributed by atoms with van der Waals surface area (Å²) >= 11 is 0. The SMILES string of the molecule is CCN(CC)CCN(C(=O)/C=C\c1ccccc1)C1CCCCC1. The van der Waals surface area contributed by atoms with Gasteiger partial charge in [-0.1, -0.05) is 63.4 Å². The number of nitrogens with zero attached hydrogens (tertiary/aromatic N) is 2. The van der Waals surface area contributed by atoms with Crippen LogP contribution in [0.2, 0.25) is 0 Å². The molecule has 1 fully saturated rings. The summed E-state index contributed by atoms with van der Waals surface area (Å²) in [6, 6.07) is 10.5. The molecule has 2 rings (SSSR count). The lowest BCUT2D eigenvalue weighted by Crippen LogP contribution is -2.45. The Labute approximate surface area is 147 Å². The highest BCUT2D eigenvalue weighted by Gasteiger charge is 2.24. The average Bonchev–Trinajstić information content (AvgIpc) is 2.65. The van der Waals surface area contributed by atoms with Gasteiger partial charge in [0.1, 0.15) is 0 Å². The molecule has 3 heteroatoms. The first kappa shape index (κ1) is 18.7. The van der Waals surface area contributed by atoms with Crippen molar-refractivity contribution in [3.63, 3.8) is 0 Å². The van der Waals surface area contributed by atoms with Crippen LogP contribution in [0, 0.1) is 0 Å². The lowest BCUT2D eigenvalue weighted by atomic mass is 9.94. The molecule has 0 aliphatic heterocycles. The molecule has 1 aromatic rings. The van der Waals surface area contributed by atoms with Crippen LogP contribution in [0.1, 0.15) is 51.5 Å². The van der Waals surface area contributed by atoms with E-state index in [0.717, 1.165) is 44.6 Å². The van der Waals surface area contributed by atoms with Crippen LogP contribution in [0.15, 0.2) is 36.4 Å². The molecule has 1 aromatic carbocycles. The molecule has 3 nitrogen and oxygen atoms in total. The van der Waals surface area contributed by atoms with E-state index >= 15 is 0 Å². The Morgan fingerprint density at radius 1 is 1.04 bits per heavy atom. The second-order valence-corrected chi connectivity index (χ2v) is 6.59. The van der Waals surface area contributed by atoms with Gasteiger partial charge in [-0.15, -0.1) is 0 Å². The van der Waals surface area contributed by atoms with Crippen molar-refractivity contribution < 1.29 is 4.79 Å². The smallest absolute Gasteiger partial charge is 0.246 e. The van der Waals surface area contributed by atoms with Gasteiger partial charge >= 0.3 is 0 Å². The molecule has 0 bridgehead atoms. The van der Waals surface area contributed by atoms with Gasteiger partial charge in [0.2, 0.25) is 5.91 Å². The molecule has 0 radical (unpaired) electrons. The zero-order valence-electron chi connectivity index (χ0n) is 15.3. The highest BCUT2D eigenvalue weighted by atomic mass is 16.2. The van der Waals surface area contributed by atoms with Gasteiger partial charge in [0, 0.05) is 25.2 Å². The molecule has 0 aromatic heterocycles. The van der Waals surface area contributed by atoms with E-state index in [0.29, 0.717) is 6.04 Å². The number of carbonyl (C=O) groups is 1. The maximum absolute atomic E-state index is 12.8. The Hall–Kier alpha value is -1.61. The maximum atomic E-state index is 12.8. The number of hydrogen-bond acceptors (Lipinski definition) is 2. The molecule has 0 spiro atoms. The molecule has 0 atom stereocenters. The number of rotatable bonds is 8. The van der Waals surface area contributed by atoms with Crippen LogP contribution in [-0.4, -0.2) is 47.9 Å². The number of amides is 1. The Morgan fingerprint density at radius 3 is 2.33 bits per heavy atom. The summed E-state index contributed by atoms with van der Waals surface area (Å²) < 4.78 is 0. The summed E-state index contributed by atoms with van der Waals surface area (Å²) in [7, 11) is 0. The van der Waals surface area contributed by atoms with Gasteiger partial charge in [-0.2, -0.15) is 0 Å². The standard InChI is InChI=1S/C21H32N2O/c1-3-22(4-2)17-18-23(20-13-9-6-10-14-20)21(24)16-15-19-11-7-5-8-12-19/h5,7-8,11-12,15-16,20H,3-4,6,9-10,13-14,17-18H2,1-2H3/b16-15-. The van der Waals surface area contributed by atoms with E-state index in [1.54, 1.807) is 6.08 Å². The highest BCUT2D eigenvalue weighted by Crippen LogP contribution is 2.23. The number of benzene rings is 1. The quantitative estimate of drug-likeness (QED) is 0.668. The van der Waals surface area contributed by atoms with Crippen molar-refractivity contribution in [2.45, 2.75) is 52.0 Å². The molecule has 1 amide bonds. The van der Waals surface area contributed by atoms with E-state index in [1.165, 1.54) is 19.3 Å². The summed E-state index contributed by atoms with van der Waals surface area (Å²) in [5.74, 6) is 0.165. The van der Waals surface area contributed by atoms with Gasteiger partial charge in [-0.3, -0.25) is 4.79 Å². The molecular formula is C21H32N2O. The van der Waals surface area contributed by atoms with Gasteiger partial charge < -0.3 is 9.80 Å². The van der Waals surface area contributed by atoms with Gasteiger partial charge in [0.05, 0.1) is 0 Å². The van der Waals surface area contributed by atoms with E-state index < -0.39 is 0 Å². The molecule has 1 saturated carbocycles. The molecule has 0 heterocycles. The fraction of sp³-hybridized carbons (Fsp3) is 0.571. The number of likely N-dealkylation sites (N-methyl/N-ethyl adjacent to an activating group) is 1. The summed E-state index contributed by atoms with van der Waals surface area (Å²) in [5, 5.41) is 0. The third kappa shape index (κ3) is 5.79. The van der Waals surface area contributed by atoms with E-state index in [4.69, 9.17) is 0 Å². The van der Waals surface area contributed by atoms with Gasteiger partial charge in [-0.25, -0.2) is 0 Å². The van der Waals surface area contributed by atoms with E-state index in [1.807, 2.05) is 36.4 Å². The zero-order chi connectivity index (χ0) is 17.2. The summed E-state index contributed by atoms with van der Waals surface area (Å²) in [5.41, 5.74) is 1.08. The Bertz CT molecular complexity index is 502. The zero-order valence-corrected chi connectivity index (χ0v) is 15.3. The Morgan fingerprint density at radius 2 is 1.71 bits per heavy atom. The second-order valence-electron chi connectivity index (χ2n) is 6.59. The molecule has 0 unspecified atom stereocenters. The van der Waals surface area contributed by atoms with Crippen molar-refractivity contribution in [2.75, 3.05) is 26.2 Å². The van der Waals surface area contributed by atoms with E-state index in [-0.39, 0.29) is 5.91 Å². The number of carbonyl (C=O) groups excluding carboxylic acids is 1. The van der Waals surface area contributed by atoms with Gasteiger partial charge in [-0.05, 0) is 37.6 Å². The average molecular weight is 329 g/mol. The van der Waals surface area contributed by atoms with Crippen molar-refractivity contribution in [2.24, 2.45) is 0 Å². The van der Waals surface area contributed by atoms with Crippen molar-refractivity contribution in [1.82, 2.24) is 9.80 Å². The topological polar surface area (TPSA) is 23.6 Å². The minimum absolute atomic E-state index is 0.165.